The number of carboxylic acids is 1. The van der Waals surface area contributed by atoms with Crippen LogP contribution in [0.1, 0.15) is 36.4 Å². The van der Waals surface area contributed by atoms with E-state index in [2.05, 4.69) is 0 Å². The number of carboxylic acid groups (broad SMARTS) is 1. The van der Waals surface area contributed by atoms with Crippen molar-refractivity contribution >= 4 is 5.97 Å². The zero-order valence-corrected chi connectivity index (χ0v) is 13.0. The third-order valence-electron chi connectivity index (χ3n) is 3.62. The van der Waals surface area contributed by atoms with Crippen molar-refractivity contribution in [2.45, 2.75) is 25.3 Å². The van der Waals surface area contributed by atoms with Gasteiger partial charge in [-0.2, -0.15) is 0 Å². The van der Waals surface area contributed by atoms with E-state index in [1.807, 2.05) is 37.3 Å². The lowest BCUT2D eigenvalue weighted by Crippen LogP contribution is -2.07. The van der Waals surface area contributed by atoms with Crippen LogP contribution in [0.3, 0.4) is 0 Å². The first kappa shape index (κ1) is 16.8. The molecular weight excluding hydrogens is 294 g/mol. The molecule has 1 heterocycles. The standard InChI is InChI=1S/C10H10O4.C8H11N/c11-7-1-2-8-6(3-10(12)13)5-14-9(8)4-7;1-7(9)8-5-3-2-4-6-8/h1-2,4,6,11H,3,5H2,(H,12,13);2-7H,9H2,1H3/t6-;7-/m00/s1. The normalized spacial score (nSPS) is 16.5. The highest BCUT2D eigenvalue weighted by Crippen LogP contribution is 2.37. The fourth-order valence-corrected chi connectivity index (χ4v) is 2.40. The Morgan fingerprint density at radius 2 is 2.00 bits per heavy atom. The predicted octanol–water partition coefficient (Wildman–Crippen LogP) is 3.05. The smallest absolute Gasteiger partial charge is 0.304 e. The molecule has 3 rings (SSSR count). The average Bonchev–Trinajstić information content (AvgIpc) is 2.90. The van der Waals surface area contributed by atoms with Crippen molar-refractivity contribution in [1.29, 1.82) is 0 Å². The SMILES string of the molecule is C[C@H](N)c1ccccc1.O=C(O)C[C@H]1COc2cc(O)ccc21. The molecule has 0 spiro atoms. The van der Waals surface area contributed by atoms with Gasteiger partial charge in [0.15, 0.2) is 0 Å². The fraction of sp³-hybridized carbons (Fsp3) is 0.278. The van der Waals surface area contributed by atoms with Gasteiger partial charge in [0.25, 0.3) is 0 Å². The molecule has 23 heavy (non-hydrogen) atoms. The predicted molar refractivity (Wildman–Crippen MR) is 87.6 cm³/mol. The Balaban J connectivity index is 0.000000185. The minimum absolute atomic E-state index is 0.0672. The van der Waals surface area contributed by atoms with E-state index in [1.165, 1.54) is 11.6 Å². The van der Waals surface area contributed by atoms with Crippen molar-refractivity contribution < 1.29 is 19.7 Å². The summed E-state index contributed by atoms with van der Waals surface area (Å²) in [7, 11) is 0. The molecule has 0 saturated heterocycles. The number of aliphatic carboxylic acids is 1. The van der Waals surface area contributed by atoms with Crippen molar-refractivity contribution in [3.63, 3.8) is 0 Å². The molecule has 4 N–H and O–H groups in total. The van der Waals surface area contributed by atoms with Crippen molar-refractivity contribution in [2.75, 3.05) is 6.61 Å². The summed E-state index contributed by atoms with van der Waals surface area (Å²) in [6.45, 7) is 2.36. The summed E-state index contributed by atoms with van der Waals surface area (Å²) in [5.41, 5.74) is 7.67. The summed E-state index contributed by atoms with van der Waals surface area (Å²) < 4.78 is 5.27. The van der Waals surface area contributed by atoms with Crippen molar-refractivity contribution in [1.82, 2.24) is 0 Å². The lowest BCUT2D eigenvalue weighted by molar-refractivity contribution is -0.137. The highest BCUT2D eigenvalue weighted by atomic mass is 16.5. The Labute approximate surface area is 135 Å². The van der Waals surface area contributed by atoms with E-state index in [-0.39, 0.29) is 24.1 Å². The van der Waals surface area contributed by atoms with Gasteiger partial charge >= 0.3 is 5.97 Å². The maximum atomic E-state index is 10.5. The first-order valence-electron chi connectivity index (χ1n) is 7.45. The number of phenolic OH excluding ortho intramolecular Hbond substituents is 1. The van der Waals surface area contributed by atoms with E-state index in [0.29, 0.717) is 12.4 Å². The molecule has 5 nitrogen and oxygen atoms in total. The number of hydrogen-bond donors (Lipinski definition) is 3. The number of nitrogens with two attached hydrogens (primary N) is 1. The topological polar surface area (TPSA) is 92.8 Å². The van der Waals surface area contributed by atoms with Crippen LogP contribution >= 0.6 is 0 Å². The molecule has 0 fully saturated rings. The van der Waals surface area contributed by atoms with Gasteiger partial charge in [0.05, 0.1) is 13.0 Å². The Bertz CT molecular complexity index is 655. The van der Waals surface area contributed by atoms with E-state index in [4.69, 9.17) is 20.7 Å². The van der Waals surface area contributed by atoms with E-state index in [9.17, 15) is 4.79 Å². The number of benzene rings is 2. The largest absolute Gasteiger partial charge is 0.508 e. The Kier molecular flexibility index (Phi) is 5.60. The molecule has 122 valence electrons. The number of hydrogen-bond acceptors (Lipinski definition) is 4. The molecule has 0 amide bonds. The minimum Gasteiger partial charge on any atom is -0.508 e. The number of rotatable bonds is 3. The van der Waals surface area contributed by atoms with Crippen molar-refractivity contribution in [3.05, 3.63) is 59.7 Å². The van der Waals surface area contributed by atoms with Crippen LogP contribution in [0.15, 0.2) is 48.5 Å². The highest BCUT2D eigenvalue weighted by Gasteiger charge is 2.26. The summed E-state index contributed by atoms with van der Waals surface area (Å²) in [5.74, 6) is -0.196. The second-order valence-electron chi connectivity index (χ2n) is 5.53. The molecular formula is C18H21NO4. The van der Waals surface area contributed by atoms with E-state index in [0.717, 1.165) is 5.56 Å². The second-order valence-corrected chi connectivity index (χ2v) is 5.53. The summed E-state index contributed by atoms with van der Waals surface area (Å²) in [6, 6.07) is 15.0. The van der Waals surface area contributed by atoms with Crippen molar-refractivity contribution in [3.8, 4) is 11.5 Å². The molecule has 0 aliphatic carbocycles. The average molecular weight is 315 g/mol. The number of phenols is 1. The van der Waals surface area contributed by atoms with Gasteiger partial charge in [-0.15, -0.1) is 0 Å². The number of carbonyl (C=O) groups is 1. The first-order valence-corrected chi connectivity index (χ1v) is 7.45. The van der Waals surface area contributed by atoms with Gasteiger partial charge in [-0.05, 0) is 18.6 Å². The lowest BCUT2D eigenvalue weighted by atomic mass is 9.98. The third kappa shape index (κ3) is 4.72. The lowest BCUT2D eigenvalue weighted by Gasteiger charge is -2.03. The van der Waals surface area contributed by atoms with Crippen LogP contribution in [-0.4, -0.2) is 22.8 Å². The zero-order valence-electron chi connectivity index (χ0n) is 13.0. The Hall–Kier alpha value is -2.53. The summed E-state index contributed by atoms with van der Waals surface area (Å²) in [5, 5.41) is 17.8. The van der Waals surface area contributed by atoms with Crippen LogP contribution in [0.5, 0.6) is 11.5 Å². The quantitative estimate of drug-likeness (QED) is 0.809. The van der Waals surface area contributed by atoms with E-state index in [1.54, 1.807) is 12.1 Å². The molecule has 1 aliphatic heterocycles. The fourth-order valence-electron chi connectivity index (χ4n) is 2.40. The molecule has 2 aromatic carbocycles. The summed E-state index contributed by atoms with van der Waals surface area (Å²) in [6.07, 6.45) is 0.0672. The van der Waals surface area contributed by atoms with Gasteiger partial charge in [-0.25, -0.2) is 0 Å². The molecule has 0 unspecified atom stereocenters. The molecule has 2 aromatic rings. The van der Waals surface area contributed by atoms with Gasteiger partial charge in [-0.1, -0.05) is 36.4 Å². The molecule has 5 heteroatoms. The summed E-state index contributed by atoms with van der Waals surface area (Å²) >= 11 is 0. The van der Waals surface area contributed by atoms with Gasteiger partial charge < -0.3 is 20.7 Å². The first-order chi connectivity index (χ1) is 11.0. The van der Waals surface area contributed by atoms with Gasteiger partial charge in [0.2, 0.25) is 0 Å². The maximum Gasteiger partial charge on any atom is 0.304 e. The molecule has 2 atom stereocenters. The Morgan fingerprint density at radius 3 is 2.57 bits per heavy atom. The molecule has 0 bridgehead atoms. The Morgan fingerprint density at radius 1 is 1.30 bits per heavy atom. The number of fused-ring (bicyclic) bond motifs is 1. The van der Waals surface area contributed by atoms with E-state index < -0.39 is 5.97 Å². The van der Waals surface area contributed by atoms with Gasteiger partial charge in [0, 0.05) is 23.6 Å². The monoisotopic (exact) mass is 315 g/mol. The minimum atomic E-state index is -0.834. The van der Waals surface area contributed by atoms with Gasteiger partial charge in [0.1, 0.15) is 11.5 Å². The van der Waals surface area contributed by atoms with Gasteiger partial charge in [-0.3, -0.25) is 4.79 Å². The van der Waals surface area contributed by atoms with Crippen LogP contribution in [0.2, 0.25) is 0 Å². The summed E-state index contributed by atoms with van der Waals surface area (Å²) in [4.78, 5) is 10.5. The highest BCUT2D eigenvalue weighted by molar-refractivity contribution is 5.68. The maximum absolute atomic E-state index is 10.5. The zero-order chi connectivity index (χ0) is 16.8. The van der Waals surface area contributed by atoms with Crippen LogP contribution in [0, 0.1) is 0 Å². The molecule has 1 aliphatic rings. The van der Waals surface area contributed by atoms with Crippen LogP contribution in [0.25, 0.3) is 0 Å². The van der Waals surface area contributed by atoms with Crippen LogP contribution in [0.4, 0.5) is 0 Å². The van der Waals surface area contributed by atoms with Crippen molar-refractivity contribution in [2.24, 2.45) is 5.73 Å². The molecule has 0 saturated carbocycles. The number of aromatic hydroxyl groups is 1. The van der Waals surface area contributed by atoms with E-state index >= 15 is 0 Å². The second kappa shape index (κ2) is 7.65. The van der Waals surface area contributed by atoms with Crippen LogP contribution in [-0.2, 0) is 4.79 Å². The molecule has 0 radical (unpaired) electrons. The van der Waals surface area contributed by atoms with Crippen LogP contribution < -0.4 is 10.5 Å². The number of ether oxygens (including phenoxy) is 1. The molecule has 0 aromatic heterocycles. The third-order valence-corrected chi connectivity index (χ3v) is 3.62.